The van der Waals surface area contributed by atoms with Crippen LogP contribution in [0.15, 0.2) is 24.8 Å². The van der Waals surface area contributed by atoms with Gasteiger partial charge in [0.05, 0.1) is 11.9 Å². The number of hydrogen-bond donors (Lipinski definition) is 3. The maximum atomic E-state index is 13.4. The van der Waals surface area contributed by atoms with E-state index in [1.807, 2.05) is 13.0 Å². The molecule has 0 aromatic carbocycles. The van der Waals surface area contributed by atoms with Gasteiger partial charge in [-0.2, -0.15) is 0 Å². The van der Waals surface area contributed by atoms with Crippen molar-refractivity contribution in [1.82, 2.24) is 4.90 Å². The lowest BCUT2D eigenvalue weighted by Gasteiger charge is -2.61. The summed E-state index contributed by atoms with van der Waals surface area (Å²) in [5.74, 6) is -1.14. The molecule has 42 heavy (non-hydrogen) atoms. The van der Waals surface area contributed by atoms with Crippen LogP contribution in [0.5, 0.6) is 0 Å². The van der Waals surface area contributed by atoms with Gasteiger partial charge in [0.1, 0.15) is 11.9 Å². The predicted octanol–water partition coefficient (Wildman–Crippen LogP) is 4.68. The van der Waals surface area contributed by atoms with E-state index in [0.29, 0.717) is 36.5 Å². The standard InChI is InChI=1S/C28H47NO4S.C4H4O4/c1-8-26(6)17-22(33-23(31)18-34-16-15-29(9-2)10-3)27(7)19(4)11-13-28(20(5)25(26)32)14-12-21(30)24(27)28;5-3(6)1-2-4(7)8/h8,19-20,22,24-25,32H,1,9-18H2,2-7H3;1-2H,(H,5,6)(H,7,8)/t19?,20-,22+,24-,25-,26+,27?,28-;/m0./s1. The first-order chi connectivity index (χ1) is 19.6. The molecule has 0 radical (unpaired) electrons. The third-order valence-electron chi connectivity index (χ3n) is 10.6. The van der Waals surface area contributed by atoms with Crippen molar-refractivity contribution in [3.05, 3.63) is 24.8 Å². The summed E-state index contributed by atoms with van der Waals surface area (Å²) < 4.78 is 6.30. The average Bonchev–Trinajstić information content (AvgIpc) is 3.30. The number of ether oxygens (including phenoxy) is 1. The first-order valence-electron chi connectivity index (χ1n) is 15.1. The molecule has 3 N–H and O–H groups in total. The molecule has 0 amide bonds. The van der Waals surface area contributed by atoms with Gasteiger partial charge in [0.2, 0.25) is 0 Å². The Hall–Kier alpha value is -2.17. The van der Waals surface area contributed by atoms with Crippen molar-refractivity contribution in [1.29, 1.82) is 0 Å². The molecule has 0 aromatic rings. The van der Waals surface area contributed by atoms with Crippen molar-refractivity contribution >= 4 is 35.5 Å². The third-order valence-corrected chi connectivity index (χ3v) is 11.5. The fourth-order valence-electron chi connectivity index (χ4n) is 7.73. The number of esters is 1. The van der Waals surface area contributed by atoms with E-state index in [-0.39, 0.29) is 29.1 Å². The summed E-state index contributed by atoms with van der Waals surface area (Å²) in [6, 6.07) is 0. The molecule has 0 spiro atoms. The molecule has 3 aliphatic rings. The summed E-state index contributed by atoms with van der Waals surface area (Å²) in [5, 5.41) is 27.2. The number of carboxylic acids is 2. The maximum absolute atomic E-state index is 13.4. The second kappa shape index (κ2) is 15.0. The van der Waals surface area contributed by atoms with Gasteiger partial charge in [-0.1, -0.05) is 47.6 Å². The number of ketones is 1. The van der Waals surface area contributed by atoms with Gasteiger partial charge in [-0.05, 0) is 56.0 Å². The first kappa shape index (κ1) is 36.0. The van der Waals surface area contributed by atoms with E-state index in [2.05, 4.69) is 46.1 Å². The highest BCUT2D eigenvalue weighted by Crippen LogP contribution is 2.68. The van der Waals surface area contributed by atoms with Crippen LogP contribution in [-0.4, -0.2) is 87.3 Å². The molecule has 2 unspecified atom stereocenters. The van der Waals surface area contributed by atoms with Crippen LogP contribution in [0, 0.1) is 34.0 Å². The second-order valence-electron chi connectivity index (χ2n) is 12.7. The molecule has 10 heteroatoms. The zero-order chi connectivity index (χ0) is 31.9. The van der Waals surface area contributed by atoms with Gasteiger partial charge < -0.3 is 25.0 Å². The lowest BCUT2D eigenvalue weighted by atomic mass is 9.44. The SMILES string of the molecule is C=C[C@]1(C)C[C@@H](OC(=O)CSCCN(CC)CC)C2(C)C(C)CC[C@]3(CCC(=O)[C@@H]23)[C@@H](C)[C@@H]1O.O=C(O)C=CC(=O)O. The first-order valence-corrected chi connectivity index (χ1v) is 16.3. The molecule has 3 aliphatic carbocycles. The van der Waals surface area contributed by atoms with E-state index in [4.69, 9.17) is 14.9 Å². The molecular formula is C32H51NO8S. The number of thioether (sulfide) groups is 1. The molecule has 3 rings (SSSR count). The van der Waals surface area contributed by atoms with Gasteiger partial charge in [0.25, 0.3) is 0 Å². The van der Waals surface area contributed by atoms with Gasteiger partial charge in [0.15, 0.2) is 0 Å². The van der Waals surface area contributed by atoms with Crippen LogP contribution in [0.2, 0.25) is 0 Å². The van der Waals surface area contributed by atoms with Crippen LogP contribution in [0.3, 0.4) is 0 Å². The minimum atomic E-state index is -1.26. The van der Waals surface area contributed by atoms with E-state index in [1.165, 1.54) is 0 Å². The Bertz CT molecular complexity index is 1010. The number of hydrogen-bond acceptors (Lipinski definition) is 8. The molecule has 9 nitrogen and oxygen atoms in total. The summed E-state index contributed by atoms with van der Waals surface area (Å²) in [6.07, 6.45) is 5.76. The van der Waals surface area contributed by atoms with Crippen LogP contribution in [-0.2, 0) is 23.9 Å². The van der Waals surface area contributed by atoms with Crippen molar-refractivity contribution in [3.8, 4) is 0 Å². The van der Waals surface area contributed by atoms with E-state index >= 15 is 0 Å². The number of Topliss-reactive ketones (excluding diaryl/α,β-unsaturated/α-hetero) is 1. The number of carbonyl (C=O) groups is 4. The van der Waals surface area contributed by atoms with Crippen molar-refractivity contribution < 1.29 is 39.2 Å². The van der Waals surface area contributed by atoms with Crippen molar-refractivity contribution in [2.75, 3.05) is 31.1 Å². The van der Waals surface area contributed by atoms with Crippen molar-refractivity contribution in [2.24, 2.45) is 34.0 Å². The Morgan fingerprint density at radius 2 is 1.69 bits per heavy atom. The zero-order valence-corrected chi connectivity index (χ0v) is 27.0. The van der Waals surface area contributed by atoms with Gasteiger partial charge in [0, 0.05) is 47.6 Å². The summed E-state index contributed by atoms with van der Waals surface area (Å²) >= 11 is 1.61. The average molecular weight is 610 g/mol. The summed E-state index contributed by atoms with van der Waals surface area (Å²) in [4.78, 5) is 48.0. The number of rotatable bonds is 11. The molecule has 8 atom stereocenters. The largest absolute Gasteiger partial charge is 0.478 e. The normalized spacial score (nSPS) is 35.9. The van der Waals surface area contributed by atoms with Gasteiger partial charge in [-0.15, -0.1) is 18.3 Å². The fraction of sp³-hybridized carbons (Fsp3) is 0.750. The highest BCUT2D eigenvalue weighted by molar-refractivity contribution is 7.99. The van der Waals surface area contributed by atoms with Crippen LogP contribution in [0.25, 0.3) is 0 Å². The van der Waals surface area contributed by atoms with Gasteiger partial charge in [-0.3, -0.25) is 9.59 Å². The zero-order valence-electron chi connectivity index (χ0n) is 26.1. The molecule has 238 valence electrons. The van der Waals surface area contributed by atoms with E-state index in [1.54, 1.807) is 11.8 Å². The molecule has 0 saturated heterocycles. The van der Waals surface area contributed by atoms with Crippen LogP contribution in [0.1, 0.15) is 73.6 Å². The summed E-state index contributed by atoms with van der Waals surface area (Å²) in [7, 11) is 0. The van der Waals surface area contributed by atoms with Crippen LogP contribution < -0.4 is 0 Å². The minimum absolute atomic E-state index is 0.00828. The molecule has 0 aromatic heterocycles. The second-order valence-corrected chi connectivity index (χ2v) is 13.8. The number of aliphatic hydroxyl groups excluding tert-OH is 1. The minimum Gasteiger partial charge on any atom is -0.478 e. The monoisotopic (exact) mass is 609 g/mol. The third kappa shape index (κ3) is 7.66. The highest BCUT2D eigenvalue weighted by Gasteiger charge is 2.68. The molecule has 3 saturated carbocycles. The van der Waals surface area contributed by atoms with Crippen LogP contribution >= 0.6 is 11.8 Å². The number of aliphatic hydroxyl groups is 1. The van der Waals surface area contributed by atoms with Crippen molar-refractivity contribution in [3.63, 3.8) is 0 Å². The topological polar surface area (TPSA) is 141 Å². The van der Waals surface area contributed by atoms with Gasteiger partial charge >= 0.3 is 17.9 Å². The smallest absolute Gasteiger partial charge is 0.328 e. The van der Waals surface area contributed by atoms with E-state index in [0.717, 1.165) is 44.6 Å². The fourth-order valence-corrected chi connectivity index (χ4v) is 8.49. The number of aliphatic carboxylic acids is 2. The lowest BCUT2D eigenvalue weighted by molar-refractivity contribution is -0.205. The van der Waals surface area contributed by atoms with E-state index < -0.39 is 35.0 Å². The quantitative estimate of drug-likeness (QED) is 0.131. The molecule has 2 bridgehead atoms. The summed E-state index contributed by atoms with van der Waals surface area (Å²) in [6.45, 7) is 20.0. The number of carboxylic acid groups (broad SMARTS) is 2. The van der Waals surface area contributed by atoms with E-state index in [9.17, 15) is 24.3 Å². The van der Waals surface area contributed by atoms with Crippen LogP contribution in [0.4, 0.5) is 0 Å². The Balaban J connectivity index is 0.000000675. The molecule has 0 aliphatic heterocycles. The van der Waals surface area contributed by atoms with Gasteiger partial charge in [-0.25, -0.2) is 9.59 Å². The molecule has 3 fully saturated rings. The maximum Gasteiger partial charge on any atom is 0.328 e. The number of carbonyl (C=O) groups excluding carboxylic acids is 2. The molecular weight excluding hydrogens is 558 g/mol. The highest BCUT2D eigenvalue weighted by atomic mass is 32.2. The number of nitrogens with zero attached hydrogens (tertiary/aromatic N) is 1. The summed E-state index contributed by atoms with van der Waals surface area (Å²) in [5.41, 5.74) is -1.25. The Kier molecular flexibility index (Phi) is 12.9. The Morgan fingerprint density at radius 3 is 2.21 bits per heavy atom. The Labute approximate surface area is 255 Å². The molecule has 0 heterocycles. The predicted molar refractivity (Wildman–Crippen MR) is 164 cm³/mol. The lowest BCUT2D eigenvalue weighted by Crippen LogP contribution is -2.63. The van der Waals surface area contributed by atoms with Crippen molar-refractivity contribution in [2.45, 2.75) is 85.9 Å². The Morgan fingerprint density at radius 1 is 1.10 bits per heavy atom.